The standard InChI is InChI=1S/C22H25F2N5/c1-16-25-21(27(2)26-16)15-28-11-13-29(14-12-28)22(17-3-7-19(23)8-4-17)18-5-9-20(24)10-6-18/h3-10,22H,11-15H2,1-2H3. The first-order chi connectivity index (χ1) is 14.0. The Labute approximate surface area is 169 Å². The Hall–Kier alpha value is -2.64. The lowest BCUT2D eigenvalue weighted by Gasteiger charge is -2.39. The summed E-state index contributed by atoms with van der Waals surface area (Å²) in [5, 5.41) is 4.32. The molecule has 2 aromatic carbocycles. The van der Waals surface area contributed by atoms with Gasteiger partial charge in [-0.25, -0.2) is 13.8 Å². The normalized spacial score (nSPS) is 15.9. The number of piperazine rings is 1. The van der Waals surface area contributed by atoms with E-state index in [1.54, 1.807) is 0 Å². The molecule has 0 saturated carbocycles. The van der Waals surface area contributed by atoms with Crippen molar-refractivity contribution in [3.8, 4) is 0 Å². The molecular weight excluding hydrogens is 372 g/mol. The summed E-state index contributed by atoms with van der Waals surface area (Å²) in [6.07, 6.45) is 0. The van der Waals surface area contributed by atoms with Crippen molar-refractivity contribution in [2.75, 3.05) is 26.2 Å². The third kappa shape index (κ3) is 4.52. The smallest absolute Gasteiger partial charge is 0.147 e. The molecule has 0 radical (unpaired) electrons. The second-order valence-electron chi connectivity index (χ2n) is 7.52. The van der Waals surface area contributed by atoms with Crippen LogP contribution in [0.2, 0.25) is 0 Å². The molecule has 2 heterocycles. The van der Waals surface area contributed by atoms with Gasteiger partial charge in [0.15, 0.2) is 0 Å². The molecule has 0 bridgehead atoms. The van der Waals surface area contributed by atoms with E-state index in [2.05, 4.69) is 19.9 Å². The molecule has 0 spiro atoms. The number of rotatable bonds is 5. The largest absolute Gasteiger partial charge is 0.293 e. The maximum Gasteiger partial charge on any atom is 0.147 e. The zero-order chi connectivity index (χ0) is 20.4. The molecule has 29 heavy (non-hydrogen) atoms. The Kier molecular flexibility index (Phi) is 5.69. The number of benzene rings is 2. The number of aryl methyl sites for hydroxylation is 2. The van der Waals surface area contributed by atoms with Crippen LogP contribution in [0.25, 0.3) is 0 Å². The molecule has 0 atom stereocenters. The Morgan fingerprint density at radius 2 is 1.38 bits per heavy atom. The molecule has 1 fully saturated rings. The number of hydrogen-bond donors (Lipinski definition) is 0. The predicted molar refractivity (Wildman–Crippen MR) is 107 cm³/mol. The van der Waals surface area contributed by atoms with Crippen molar-refractivity contribution in [1.82, 2.24) is 24.6 Å². The van der Waals surface area contributed by atoms with E-state index in [9.17, 15) is 8.78 Å². The minimum absolute atomic E-state index is 0.0320. The lowest BCUT2D eigenvalue weighted by molar-refractivity contribution is 0.102. The van der Waals surface area contributed by atoms with E-state index in [4.69, 9.17) is 0 Å². The molecule has 152 valence electrons. The zero-order valence-corrected chi connectivity index (χ0v) is 16.7. The first kappa shape index (κ1) is 19.7. The van der Waals surface area contributed by atoms with Gasteiger partial charge in [0.1, 0.15) is 23.3 Å². The first-order valence-corrected chi connectivity index (χ1v) is 9.83. The minimum atomic E-state index is -0.254. The predicted octanol–water partition coefficient (Wildman–Crippen LogP) is 3.31. The molecule has 1 saturated heterocycles. The topological polar surface area (TPSA) is 37.2 Å². The van der Waals surface area contributed by atoms with Gasteiger partial charge in [-0.1, -0.05) is 24.3 Å². The SMILES string of the molecule is Cc1nc(CN2CCN(C(c3ccc(F)cc3)c3ccc(F)cc3)CC2)n(C)n1. The molecule has 0 N–H and O–H groups in total. The fourth-order valence-corrected chi connectivity index (χ4v) is 3.98. The van der Waals surface area contributed by atoms with Crippen LogP contribution in [-0.4, -0.2) is 50.7 Å². The highest BCUT2D eigenvalue weighted by Crippen LogP contribution is 2.30. The van der Waals surface area contributed by atoms with E-state index in [-0.39, 0.29) is 17.7 Å². The van der Waals surface area contributed by atoms with Gasteiger partial charge >= 0.3 is 0 Å². The summed E-state index contributed by atoms with van der Waals surface area (Å²) >= 11 is 0. The number of hydrogen-bond acceptors (Lipinski definition) is 4. The number of nitrogens with zero attached hydrogens (tertiary/aromatic N) is 5. The molecule has 0 unspecified atom stereocenters. The van der Waals surface area contributed by atoms with Crippen LogP contribution in [0.5, 0.6) is 0 Å². The van der Waals surface area contributed by atoms with Gasteiger partial charge in [0.05, 0.1) is 12.6 Å². The zero-order valence-electron chi connectivity index (χ0n) is 16.7. The maximum atomic E-state index is 13.5. The molecule has 1 aromatic heterocycles. The van der Waals surface area contributed by atoms with E-state index in [1.807, 2.05) is 42.9 Å². The second-order valence-corrected chi connectivity index (χ2v) is 7.52. The van der Waals surface area contributed by atoms with Crippen molar-refractivity contribution in [2.45, 2.75) is 19.5 Å². The first-order valence-electron chi connectivity index (χ1n) is 9.83. The lowest BCUT2D eigenvalue weighted by Crippen LogP contribution is -2.47. The maximum absolute atomic E-state index is 13.5. The molecule has 3 aromatic rings. The summed E-state index contributed by atoms with van der Waals surface area (Å²) in [6.45, 7) is 6.17. The summed E-state index contributed by atoms with van der Waals surface area (Å²) in [7, 11) is 1.92. The molecular formula is C22H25F2N5. The van der Waals surface area contributed by atoms with Crippen LogP contribution >= 0.6 is 0 Å². The average molecular weight is 397 g/mol. The third-order valence-corrected chi connectivity index (χ3v) is 5.47. The molecule has 5 nitrogen and oxygen atoms in total. The van der Waals surface area contributed by atoms with Gasteiger partial charge in [0.2, 0.25) is 0 Å². The van der Waals surface area contributed by atoms with Crippen molar-refractivity contribution in [3.05, 3.63) is 82.9 Å². The fraction of sp³-hybridized carbons (Fsp3) is 0.364. The summed E-state index contributed by atoms with van der Waals surface area (Å²) in [6, 6.07) is 13.2. The second kappa shape index (κ2) is 8.39. The van der Waals surface area contributed by atoms with Crippen LogP contribution in [0, 0.1) is 18.6 Å². The molecule has 7 heteroatoms. The Bertz CT molecular complexity index is 899. The van der Waals surface area contributed by atoms with Gasteiger partial charge < -0.3 is 0 Å². The molecule has 0 amide bonds. The summed E-state index contributed by atoms with van der Waals surface area (Å²) in [4.78, 5) is 9.24. The highest BCUT2D eigenvalue weighted by molar-refractivity contribution is 5.32. The van der Waals surface area contributed by atoms with E-state index >= 15 is 0 Å². The molecule has 4 rings (SSSR count). The number of halogens is 2. The van der Waals surface area contributed by atoms with Crippen LogP contribution in [0.3, 0.4) is 0 Å². The van der Waals surface area contributed by atoms with Crippen molar-refractivity contribution in [3.63, 3.8) is 0 Å². The number of aromatic nitrogens is 3. The average Bonchev–Trinajstić information content (AvgIpc) is 3.03. The monoisotopic (exact) mass is 397 g/mol. The Morgan fingerprint density at radius 3 is 1.83 bits per heavy atom. The highest BCUT2D eigenvalue weighted by atomic mass is 19.1. The van der Waals surface area contributed by atoms with Gasteiger partial charge in [-0.05, 0) is 42.3 Å². The summed E-state index contributed by atoms with van der Waals surface area (Å²) in [5.41, 5.74) is 2.02. The van der Waals surface area contributed by atoms with E-state index in [1.165, 1.54) is 24.3 Å². The van der Waals surface area contributed by atoms with E-state index in [0.717, 1.165) is 55.5 Å². The van der Waals surface area contributed by atoms with Gasteiger partial charge in [-0.3, -0.25) is 14.5 Å². The summed E-state index contributed by atoms with van der Waals surface area (Å²) < 4.78 is 28.7. The van der Waals surface area contributed by atoms with Crippen molar-refractivity contribution < 1.29 is 8.78 Å². The fourth-order valence-electron chi connectivity index (χ4n) is 3.98. The van der Waals surface area contributed by atoms with Crippen LogP contribution in [0.1, 0.15) is 28.8 Å². The van der Waals surface area contributed by atoms with Gasteiger partial charge in [-0.15, -0.1) is 0 Å². The van der Waals surface area contributed by atoms with Gasteiger partial charge in [-0.2, -0.15) is 5.10 Å². The van der Waals surface area contributed by atoms with Gasteiger partial charge in [0.25, 0.3) is 0 Å². The van der Waals surface area contributed by atoms with Crippen LogP contribution in [-0.2, 0) is 13.6 Å². The highest BCUT2D eigenvalue weighted by Gasteiger charge is 2.27. The van der Waals surface area contributed by atoms with Crippen molar-refractivity contribution >= 4 is 0 Å². The van der Waals surface area contributed by atoms with Crippen LogP contribution in [0.4, 0.5) is 8.78 Å². The minimum Gasteiger partial charge on any atom is -0.293 e. The van der Waals surface area contributed by atoms with E-state index in [0.29, 0.717) is 0 Å². The van der Waals surface area contributed by atoms with Crippen LogP contribution < -0.4 is 0 Å². The van der Waals surface area contributed by atoms with Crippen molar-refractivity contribution in [1.29, 1.82) is 0 Å². The Balaban J connectivity index is 1.51. The molecule has 0 aliphatic carbocycles. The van der Waals surface area contributed by atoms with Crippen LogP contribution in [0.15, 0.2) is 48.5 Å². The van der Waals surface area contributed by atoms with Gasteiger partial charge in [0, 0.05) is 33.2 Å². The molecule has 1 aliphatic heterocycles. The lowest BCUT2D eigenvalue weighted by atomic mass is 9.96. The van der Waals surface area contributed by atoms with Crippen molar-refractivity contribution in [2.24, 2.45) is 7.05 Å². The third-order valence-electron chi connectivity index (χ3n) is 5.47. The van der Waals surface area contributed by atoms with E-state index < -0.39 is 0 Å². The quantitative estimate of drug-likeness (QED) is 0.662. The summed E-state index contributed by atoms with van der Waals surface area (Å²) in [5.74, 6) is 1.24. The Morgan fingerprint density at radius 1 is 0.862 bits per heavy atom. The molecule has 1 aliphatic rings.